The molecule has 1 N–H and O–H groups in total. The number of hydrogen-bond acceptors (Lipinski definition) is 4. The van der Waals surface area contributed by atoms with Gasteiger partial charge in [0.05, 0.1) is 0 Å². The molecule has 0 amide bonds. The number of rotatable bonds is 5. The Morgan fingerprint density at radius 3 is 2.28 bits per heavy atom. The van der Waals surface area contributed by atoms with Crippen molar-refractivity contribution in [2.75, 3.05) is 0 Å². The number of aromatic nitrogens is 1. The van der Waals surface area contributed by atoms with Gasteiger partial charge in [-0.2, -0.15) is 0 Å². The summed E-state index contributed by atoms with van der Waals surface area (Å²) < 4.78 is 60.1. The SMILES string of the molecule is O=S(=O)(NC1CCC(Oc2ccccn2)CC1)c1c(F)cccc1F. The minimum atomic E-state index is -4.25. The highest BCUT2D eigenvalue weighted by molar-refractivity contribution is 7.89. The van der Waals surface area contributed by atoms with Crippen LogP contribution >= 0.6 is 0 Å². The summed E-state index contributed by atoms with van der Waals surface area (Å²) in [6.07, 6.45) is 3.88. The maximum atomic E-state index is 13.7. The molecule has 0 atom stereocenters. The van der Waals surface area contributed by atoms with Crippen LogP contribution in [0.2, 0.25) is 0 Å². The van der Waals surface area contributed by atoms with Crippen LogP contribution in [-0.2, 0) is 10.0 Å². The molecule has 0 aliphatic heterocycles. The Labute approximate surface area is 145 Å². The van der Waals surface area contributed by atoms with Crippen molar-refractivity contribution in [3.05, 3.63) is 54.2 Å². The summed E-state index contributed by atoms with van der Waals surface area (Å²) in [5.74, 6) is -1.67. The zero-order valence-corrected chi connectivity index (χ0v) is 14.2. The van der Waals surface area contributed by atoms with Gasteiger partial charge in [-0.3, -0.25) is 0 Å². The fourth-order valence-corrected chi connectivity index (χ4v) is 4.35. The average molecular weight is 368 g/mol. The summed E-state index contributed by atoms with van der Waals surface area (Å²) in [6.45, 7) is 0. The van der Waals surface area contributed by atoms with Crippen molar-refractivity contribution >= 4 is 10.0 Å². The molecule has 0 radical (unpaired) electrons. The van der Waals surface area contributed by atoms with E-state index in [1.54, 1.807) is 18.3 Å². The van der Waals surface area contributed by atoms with Crippen LogP contribution < -0.4 is 9.46 Å². The Morgan fingerprint density at radius 2 is 1.68 bits per heavy atom. The largest absolute Gasteiger partial charge is 0.474 e. The first-order chi connectivity index (χ1) is 12.0. The van der Waals surface area contributed by atoms with Crippen LogP contribution in [0.4, 0.5) is 8.78 Å². The van der Waals surface area contributed by atoms with Crippen LogP contribution in [0.15, 0.2) is 47.5 Å². The van der Waals surface area contributed by atoms with Gasteiger partial charge >= 0.3 is 0 Å². The van der Waals surface area contributed by atoms with Gasteiger partial charge < -0.3 is 4.74 Å². The molecule has 1 fully saturated rings. The first-order valence-corrected chi connectivity index (χ1v) is 9.48. The lowest BCUT2D eigenvalue weighted by atomic mass is 9.94. The predicted octanol–water partition coefficient (Wildman–Crippen LogP) is 3.03. The first kappa shape index (κ1) is 17.8. The van der Waals surface area contributed by atoms with Crippen LogP contribution in [-0.4, -0.2) is 25.5 Å². The second kappa shape index (κ2) is 7.45. The number of benzene rings is 1. The summed E-state index contributed by atoms with van der Waals surface area (Å²) in [4.78, 5) is 3.16. The lowest BCUT2D eigenvalue weighted by Crippen LogP contribution is -2.40. The maximum absolute atomic E-state index is 13.7. The van der Waals surface area contributed by atoms with E-state index < -0.39 is 26.6 Å². The lowest BCUT2D eigenvalue weighted by Gasteiger charge is -2.29. The summed E-state index contributed by atoms with van der Waals surface area (Å²) in [5, 5.41) is 0. The van der Waals surface area contributed by atoms with Crippen LogP contribution in [0.1, 0.15) is 25.7 Å². The van der Waals surface area contributed by atoms with E-state index in [4.69, 9.17) is 4.74 Å². The quantitative estimate of drug-likeness (QED) is 0.881. The Bertz CT molecular complexity index is 803. The van der Waals surface area contributed by atoms with Gasteiger partial charge in [0.15, 0.2) is 4.90 Å². The van der Waals surface area contributed by atoms with Crippen molar-refractivity contribution in [2.24, 2.45) is 0 Å². The van der Waals surface area contributed by atoms with E-state index in [-0.39, 0.29) is 12.1 Å². The molecule has 5 nitrogen and oxygen atoms in total. The highest BCUT2D eigenvalue weighted by atomic mass is 32.2. The Balaban J connectivity index is 1.60. The van der Waals surface area contributed by atoms with Crippen molar-refractivity contribution in [3.63, 3.8) is 0 Å². The fourth-order valence-electron chi connectivity index (χ4n) is 2.90. The van der Waals surface area contributed by atoms with Crippen LogP contribution in [0.25, 0.3) is 0 Å². The lowest BCUT2D eigenvalue weighted by molar-refractivity contribution is 0.138. The number of halogens is 2. The molecular formula is C17H18F2N2O3S. The third-order valence-corrected chi connectivity index (χ3v) is 5.68. The predicted molar refractivity (Wildman–Crippen MR) is 87.6 cm³/mol. The maximum Gasteiger partial charge on any atom is 0.246 e. The van der Waals surface area contributed by atoms with Gasteiger partial charge in [0.25, 0.3) is 0 Å². The Kier molecular flexibility index (Phi) is 5.29. The second-order valence-corrected chi connectivity index (χ2v) is 7.58. The molecule has 1 aliphatic rings. The Hall–Kier alpha value is -2.06. The molecule has 0 bridgehead atoms. The number of nitrogens with one attached hydrogen (secondary N) is 1. The minimum Gasteiger partial charge on any atom is -0.474 e. The third kappa shape index (κ3) is 4.32. The standard InChI is InChI=1S/C17H18F2N2O3S/c18-14-4-3-5-15(19)17(14)25(22,23)21-12-7-9-13(10-8-12)24-16-6-1-2-11-20-16/h1-6,11-13,21H,7-10H2. The van der Waals surface area contributed by atoms with E-state index in [1.165, 1.54) is 0 Å². The van der Waals surface area contributed by atoms with Crippen molar-refractivity contribution in [2.45, 2.75) is 42.7 Å². The molecule has 1 heterocycles. The zero-order valence-electron chi connectivity index (χ0n) is 13.4. The van der Waals surface area contributed by atoms with Gasteiger partial charge in [0, 0.05) is 18.3 Å². The van der Waals surface area contributed by atoms with Crippen molar-refractivity contribution in [3.8, 4) is 5.88 Å². The van der Waals surface area contributed by atoms with E-state index in [9.17, 15) is 17.2 Å². The molecule has 1 aromatic carbocycles. The van der Waals surface area contributed by atoms with Crippen molar-refractivity contribution in [1.29, 1.82) is 0 Å². The molecule has 0 unspecified atom stereocenters. The van der Waals surface area contributed by atoms with Gasteiger partial charge in [-0.1, -0.05) is 12.1 Å². The molecular weight excluding hydrogens is 350 g/mol. The molecule has 8 heteroatoms. The van der Waals surface area contributed by atoms with Crippen LogP contribution in [0.3, 0.4) is 0 Å². The summed E-state index contributed by atoms with van der Waals surface area (Å²) >= 11 is 0. The van der Waals surface area contributed by atoms with Gasteiger partial charge in [-0.05, 0) is 43.9 Å². The molecule has 1 aliphatic carbocycles. The molecule has 1 saturated carbocycles. The number of nitrogens with zero attached hydrogens (tertiary/aromatic N) is 1. The Morgan fingerprint density at radius 1 is 1.00 bits per heavy atom. The highest BCUT2D eigenvalue weighted by Crippen LogP contribution is 2.25. The molecule has 0 saturated heterocycles. The van der Waals surface area contributed by atoms with Crippen molar-refractivity contribution in [1.82, 2.24) is 9.71 Å². The van der Waals surface area contributed by atoms with E-state index >= 15 is 0 Å². The van der Waals surface area contributed by atoms with Gasteiger partial charge in [-0.25, -0.2) is 26.9 Å². The van der Waals surface area contributed by atoms with Crippen LogP contribution in [0.5, 0.6) is 5.88 Å². The molecule has 134 valence electrons. The van der Waals surface area contributed by atoms with E-state index in [1.807, 2.05) is 6.07 Å². The topological polar surface area (TPSA) is 68.3 Å². The second-order valence-electron chi connectivity index (χ2n) is 5.93. The number of hydrogen-bond donors (Lipinski definition) is 1. The van der Waals surface area contributed by atoms with Gasteiger partial charge in [-0.15, -0.1) is 0 Å². The summed E-state index contributed by atoms with van der Waals surface area (Å²) in [5.41, 5.74) is 0. The normalized spacial score (nSPS) is 21.0. The van der Waals surface area contributed by atoms with E-state index in [2.05, 4.69) is 9.71 Å². The molecule has 1 aromatic heterocycles. The average Bonchev–Trinajstić information content (AvgIpc) is 2.57. The monoisotopic (exact) mass is 368 g/mol. The fraction of sp³-hybridized carbons (Fsp3) is 0.353. The molecule has 25 heavy (non-hydrogen) atoms. The number of ether oxygens (including phenoxy) is 1. The van der Waals surface area contributed by atoms with Gasteiger partial charge in [0.1, 0.15) is 17.7 Å². The smallest absolute Gasteiger partial charge is 0.246 e. The molecule has 3 rings (SSSR count). The highest BCUT2D eigenvalue weighted by Gasteiger charge is 2.30. The summed E-state index contributed by atoms with van der Waals surface area (Å²) in [7, 11) is -4.25. The van der Waals surface area contributed by atoms with Gasteiger partial charge in [0.2, 0.25) is 15.9 Å². The minimum absolute atomic E-state index is 0.0548. The van der Waals surface area contributed by atoms with E-state index in [0.717, 1.165) is 18.2 Å². The zero-order chi connectivity index (χ0) is 17.9. The van der Waals surface area contributed by atoms with Crippen LogP contribution in [0, 0.1) is 11.6 Å². The third-order valence-electron chi connectivity index (χ3n) is 4.11. The molecule has 0 spiro atoms. The molecule has 2 aromatic rings. The first-order valence-electron chi connectivity index (χ1n) is 8.00. The summed E-state index contributed by atoms with van der Waals surface area (Å²) in [6, 6.07) is 7.97. The van der Waals surface area contributed by atoms with E-state index in [0.29, 0.717) is 31.6 Å². The van der Waals surface area contributed by atoms with Crippen molar-refractivity contribution < 1.29 is 21.9 Å². The number of pyridine rings is 1. The number of sulfonamides is 1.